The molecule has 2 saturated heterocycles. The topological polar surface area (TPSA) is 68.1 Å². The van der Waals surface area contributed by atoms with Gasteiger partial charge in [0.15, 0.2) is 0 Å². The zero-order valence-electron chi connectivity index (χ0n) is 14.7. The number of nitrogens with zero attached hydrogens (tertiary/aromatic N) is 3. The summed E-state index contributed by atoms with van der Waals surface area (Å²) in [5.41, 5.74) is 1.27. The molecule has 8 heteroatoms. The quantitative estimate of drug-likeness (QED) is 0.562. The molecule has 26 heavy (non-hydrogen) atoms. The summed E-state index contributed by atoms with van der Waals surface area (Å²) < 4.78 is 24.2. The zero-order chi connectivity index (χ0) is 18.4. The molecule has 1 aromatic carbocycles. The van der Waals surface area contributed by atoms with Gasteiger partial charge in [0.25, 0.3) is 0 Å². The van der Waals surface area contributed by atoms with Gasteiger partial charge in [-0.2, -0.15) is 0 Å². The summed E-state index contributed by atoms with van der Waals surface area (Å²) in [6.45, 7) is 5.39. The molecule has 1 aromatic rings. The van der Waals surface area contributed by atoms with E-state index in [1.54, 1.807) is 12.1 Å². The Morgan fingerprint density at radius 1 is 1.08 bits per heavy atom. The van der Waals surface area contributed by atoms with E-state index in [0.29, 0.717) is 37.6 Å². The lowest BCUT2D eigenvalue weighted by atomic mass is 10.0. The highest BCUT2D eigenvalue weighted by Gasteiger charge is 2.28. The highest BCUT2D eigenvalue weighted by molar-refractivity contribution is 5.66. The molecule has 0 atom stereocenters. The first-order valence-electron chi connectivity index (χ1n) is 8.85. The Bertz CT molecular complexity index is 608. The molecule has 3 rings (SSSR count). The van der Waals surface area contributed by atoms with Crippen molar-refractivity contribution in [2.24, 2.45) is 0 Å². The first-order valence-corrected chi connectivity index (χ1v) is 8.85. The van der Waals surface area contributed by atoms with Gasteiger partial charge in [-0.1, -0.05) is 12.1 Å². The monoisotopic (exact) mass is 365 g/mol. The van der Waals surface area contributed by atoms with Crippen molar-refractivity contribution in [3.05, 3.63) is 51.8 Å². The summed E-state index contributed by atoms with van der Waals surface area (Å²) in [5, 5.41) is 11.2. The van der Waals surface area contributed by atoms with Crippen molar-refractivity contribution in [3.63, 3.8) is 0 Å². The minimum Gasteiger partial charge on any atom is -0.379 e. The number of halogens is 1. The number of benzene rings is 1. The van der Waals surface area contributed by atoms with Crippen molar-refractivity contribution in [2.75, 3.05) is 59.2 Å². The molecule has 2 fully saturated rings. The molecule has 0 spiro atoms. The summed E-state index contributed by atoms with van der Waals surface area (Å²) in [6.07, 6.45) is 1.88. The van der Waals surface area contributed by atoms with E-state index in [0.717, 1.165) is 26.2 Å². The molecule has 7 nitrogen and oxygen atoms in total. The maximum atomic E-state index is 13.3. The summed E-state index contributed by atoms with van der Waals surface area (Å²) in [4.78, 5) is 15.4. The van der Waals surface area contributed by atoms with E-state index in [9.17, 15) is 14.5 Å². The Balaban J connectivity index is 1.91. The lowest BCUT2D eigenvalue weighted by molar-refractivity contribution is -0.465. The van der Waals surface area contributed by atoms with Gasteiger partial charge >= 0.3 is 0 Å². The molecule has 0 aliphatic carbocycles. The van der Waals surface area contributed by atoms with Crippen molar-refractivity contribution in [2.45, 2.75) is 6.17 Å². The van der Waals surface area contributed by atoms with Gasteiger partial charge in [-0.3, -0.25) is 19.9 Å². The second kappa shape index (κ2) is 9.18. The van der Waals surface area contributed by atoms with Crippen LogP contribution < -0.4 is 0 Å². The van der Waals surface area contributed by atoms with E-state index in [2.05, 4.69) is 9.80 Å². The standard InChI is InChI=1S/C18H24FN3O4/c19-17-3-1-15(2-4-17)16(14-22(23)24)13-18(20-5-9-25-10-6-20)21-7-11-26-12-8-21/h1-4,13,18H,5-12,14H2/b16-13+. The van der Waals surface area contributed by atoms with Crippen LogP contribution in [-0.4, -0.2) is 80.0 Å². The molecular formula is C18H24FN3O4. The van der Waals surface area contributed by atoms with Crippen LogP contribution in [0.3, 0.4) is 0 Å². The second-order valence-corrected chi connectivity index (χ2v) is 6.40. The number of ether oxygens (including phenoxy) is 2. The van der Waals surface area contributed by atoms with Crippen LogP contribution in [0.15, 0.2) is 30.3 Å². The maximum absolute atomic E-state index is 13.3. The van der Waals surface area contributed by atoms with Gasteiger partial charge in [-0.15, -0.1) is 0 Å². The molecular weight excluding hydrogens is 341 g/mol. The average Bonchev–Trinajstić information content (AvgIpc) is 2.67. The van der Waals surface area contributed by atoms with Gasteiger partial charge in [-0.25, -0.2) is 4.39 Å². The first-order chi connectivity index (χ1) is 12.6. The van der Waals surface area contributed by atoms with Gasteiger partial charge in [0.2, 0.25) is 6.54 Å². The Kier molecular flexibility index (Phi) is 6.67. The molecule has 0 N–H and O–H groups in total. The summed E-state index contributed by atoms with van der Waals surface area (Å²) >= 11 is 0. The molecule has 2 heterocycles. The first kappa shape index (κ1) is 18.9. The van der Waals surface area contributed by atoms with Gasteiger partial charge in [-0.05, 0) is 23.8 Å². The SMILES string of the molecule is O=[N+]([O-])C/C(=C\C(N1CCOCC1)N1CCOCC1)c1ccc(F)cc1. The smallest absolute Gasteiger partial charge is 0.229 e. The Hall–Kier alpha value is -1.87. The minimum atomic E-state index is -0.355. The van der Waals surface area contributed by atoms with Crippen LogP contribution in [0.4, 0.5) is 4.39 Å². The fourth-order valence-electron chi connectivity index (χ4n) is 3.35. The van der Waals surface area contributed by atoms with Crippen molar-refractivity contribution in [3.8, 4) is 0 Å². The third-order valence-corrected chi connectivity index (χ3v) is 4.70. The van der Waals surface area contributed by atoms with Crippen LogP contribution >= 0.6 is 0 Å². The molecule has 0 aromatic heterocycles. The lowest BCUT2D eigenvalue weighted by Gasteiger charge is -2.41. The highest BCUT2D eigenvalue weighted by atomic mass is 19.1. The van der Waals surface area contributed by atoms with Crippen molar-refractivity contribution in [1.29, 1.82) is 0 Å². The van der Waals surface area contributed by atoms with E-state index >= 15 is 0 Å². The largest absolute Gasteiger partial charge is 0.379 e. The average molecular weight is 365 g/mol. The summed E-state index contributed by atoms with van der Waals surface area (Å²) in [5.74, 6) is -0.355. The van der Waals surface area contributed by atoms with E-state index in [1.165, 1.54) is 12.1 Å². The van der Waals surface area contributed by atoms with Gasteiger partial charge in [0, 0.05) is 36.7 Å². The Morgan fingerprint density at radius 3 is 2.04 bits per heavy atom. The third kappa shape index (κ3) is 5.07. The lowest BCUT2D eigenvalue weighted by Crippen LogP contribution is -2.54. The second-order valence-electron chi connectivity index (χ2n) is 6.40. The molecule has 0 radical (unpaired) electrons. The van der Waals surface area contributed by atoms with Gasteiger partial charge in [0.05, 0.1) is 32.6 Å². The predicted octanol–water partition coefficient (Wildman–Crippen LogP) is 1.48. The normalized spacial score (nSPS) is 20.5. The van der Waals surface area contributed by atoms with Crippen LogP contribution in [0.1, 0.15) is 5.56 Å². The summed E-state index contributed by atoms with van der Waals surface area (Å²) in [7, 11) is 0. The summed E-state index contributed by atoms with van der Waals surface area (Å²) in [6, 6.07) is 5.86. The number of hydrogen-bond acceptors (Lipinski definition) is 6. The molecule has 0 saturated carbocycles. The molecule has 0 amide bonds. The molecule has 2 aliphatic rings. The fraction of sp³-hybridized carbons (Fsp3) is 0.556. The van der Waals surface area contributed by atoms with E-state index < -0.39 is 0 Å². The van der Waals surface area contributed by atoms with Gasteiger partial charge < -0.3 is 9.47 Å². The molecule has 2 aliphatic heterocycles. The number of morpholine rings is 2. The van der Waals surface area contributed by atoms with Crippen LogP contribution in [0, 0.1) is 15.9 Å². The van der Waals surface area contributed by atoms with Crippen molar-refractivity contribution in [1.82, 2.24) is 9.80 Å². The molecule has 0 unspecified atom stereocenters. The Labute approximate surface area is 152 Å². The minimum absolute atomic E-state index is 0.0668. The number of hydrogen-bond donors (Lipinski definition) is 0. The highest BCUT2D eigenvalue weighted by Crippen LogP contribution is 2.21. The maximum Gasteiger partial charge on any atom is 0.229 e. The molecule has 0 bridgehead atoms. The Morgan fingerprint density at radius 2 is 1.58 bits per heavy atom. The predicted molar refractivity (Wildman–Crippen MR) is 94.8 cm³/mol. The van der Waals surface area contributed by atoms with Crippen molar-refractivity contribution < 1.29 is 18.8 Å². The fourth-order valence-corrected chi connectivity index (χ4v) is 3.35. The van der Waals surface area contributed by atoms with Crippen LogP contribution in [0.2, 0.25) is 0 Å². The number of rotatable bonds is 6. The van der Waals surface area contributed by atoms with E-state index in [4.69, 9.17) is 9.47 Å². The van der Waals surface area contributed by atoms with Gasteiger partial charge in [0.1, 0.15) is 5.82 Å². The van der Waals surface area contributed by atoms with E-state index in [1.807, 2.05) is 6.08 Å². The number of nitro groups is 1. The molecule has 142 valence electrons. The van der Waals surface area contributed by atoms with Crippen LogP contribution in [-0.2, 0) is 9.47 Å². The van der Waals surface area contributed by atoms with Crippen LogP contribution in [0.25, 0.3) is 5.57 Å². The van der Waals surface area contributed by atoms with E-state index in [-0.39, 0.29) is 23.5 Å². The third-order valence-electron chi connectivity index (χ3n) is 4.70. The zero-order valence-corrected chi connectivity index (χ0v) is 14.7. The van der Waals surface area contributed by atoms with Crippen molar-refractivity contribution >= 4 is 5.57 Å². The van der Waals surface area contributed by atoms with Crippen LogP contribution in [0.5, 0.6) is 0 Å².